The van der Waals surface area contributed by atoms with E-state index in [4.69, 9.17) is 27.9 Å². The summed E-state index contributed by atoms with van der Waals surface area (Å²) in [6.07, 6.45) is 10.4. The first-order valence-electron chi connectivity index (χ1n) is 11.2. The molecule has 4 bridgehead atoms. The smallest absolute Gasteiger partial charge is 0.358 e. The maximum atomic E-state index is 12.6. The number of halogens is 2. The van der Waals surface area contributed by atoms with Crippen LogP contribution in [0, 0.1) is 23.2 Å². The van der Waals surface area contributed by atoms with Gasteiger partial charge in [0.2, 0.25) is 0 Å². The summed E-state index contributed by atoms with van der Waals surface area (Å²) in [5, 5.41) is 0.970. The first kappa shape index (κ1) is 20.4. The van der Waals surface area contributed by atoms with Crippen molar-refractivity contribution in [3.8, 4) is 11.4 Å². The van der Waals surface area contributed by atoms with Gasteiger partial charge in [-0.2, -0.15) is 0 Å². The molecule has 0 spiro atoms. The van der Waals surface area contributed by atoms with E-state index in [9.17, 15) is 4.79 Å². The third-order valence-corrected chi connectivity index (χ3v) is 8.25. The Kier molecular flexibility index (Phi) is 5.35. The highest BCUT2D eigenvalue weighted by molar-refractivity contribution is 6.42. The van der Waals surface area contributed by atoms with Gasteiger partial charge in [0.15, 0.2) is 5.69 Å². The van der Waals surface area contributed by atoms with Crippen molar-refractivity contribution in [3.63, 3.8) is 0 Å². The molecule has 4 aliphatic carbocycles. The van der Waals surface area contributed by atoms with E-state index in [0.717, 1.165) is 41.9 Å². The molecule has 160 valence electrons. The maximum Gasteiger partial charge on any atom is 0.358 e. The Bertz CT molecular complexity index is 933. The van der Waals surface area contributed by atoms with E-state index < -0.39 is 0 Å². The largest absolute Gasteiger partial charge is 0.461 e. The second kappa shape index (κ2) is 7.87. The molecule has 0 aliphatic heterocycles. The monoisotopic (exact) mass is 446 g/mol. The lowest BCUT2D eigenvalue weighted by molar-refractivity contribution is -0.0571. The average Bonchev–Trinajstić information content (AvgIpc) is 3.12. The number of aromatic nitrogens is 2. The number of aryl methyl sites for hydroxylation is 1. The van der Waals surface area contributed by atoms with E-state index in [1.54, 1.807) is 12.1 Å². The first-order chi connectivity index (χ1) is 14.4. The van der Waals surface area contributed by atoms with Crippen molar-refractivity contribution < 1.29 is 9.53 Å². The average molecular weight is 447 g/mol. The number of benzene rings is 1. The summed E-state index contributed by atoms with van der Waals surface area (Å²) in [5.41, 5.74) is 2.55. The highest BCUT2D eigenvalue weighted by atomic mass is 35.5. The van der Waals surface area contributed by atoms with Gasteiger partial charge in [0.1, 0.15) is 5.82 Å². The molecule has 1 heterocycles. The first-order valence-corrected chi connectivity index (χ1v) is 11.9. The summed E-state index contributed by atoms with van der Waals surface area (Å²) in [5.74, 6) is 3.05. The lowest BCUT2D eigenvalue weighted by Crippen LogP contribution is -2.46. The summed E-state index contributed by atoms with van der Waals surface area (Å²) in [7, 11) is 0. The van der Waals surface area contributed by atoms with Crippen molar-refractivity contribution in [2.24, 2.45) is 23.2 Å². The van der Waals surface area contributed by atoms with Gasteiger partial charge >= 0.3 is 5.97 Å². The maximum absolute atomic E-state index is 12.6. The van der Waals surface area contributed by atoms with E-state index in [1.165, 1.54) is 38.5 Å². The lowest BCUT2D eigenvalue weighted by atomic mass is 9.48. The van der Waals surface area contributed by atoms with Crippen LogP contribution in [0.4, 0.5) is 0 Å². The molecule has 6 heteroatoms. The molecule has 1 aromatic carbocycles. The molecule has 1 N–H and O–H groups in total. The molecule has 1 aromatic heterocycles. The van der Waals surface area contributed by atoms with Crippen molar-refractivity contribution in [1.29, 1.82) is 0 Å². The molecule has 0 amide bonds. The van der Waals surface area contributed by atoms with Crippen molar-refractivity contribution in [3.05, 3.63) is 39.6 Å². The van der Waals surface area contributed by atoms with Gasteiger partial charge in [-0.1, -0.05) is 23.2 Å². The SMILES string of the molecule is CCOC(=O)c1nc(-c2ccc(Cl)c(Cl)c2)[nH]c1CCC12CC3CC(CC(C3)C1)C2. The van der Waals surface area contributed by atoms with Gasteiger partial charge in [0.05, 0.1) is 16.7 Å². The Labute approximate surface area is 187 Å². The van der Waals surface area contributed by atoms with Crippen LogP contribution in [-0.4, -0.2) is 22.5 Å². The molecule has 4 fully saturated rings. The van der Waals surface area contributed by atoms with Crippen molar-refractivity contribution in [2.75, 3.05) is 6.61 Å². The molecule has 6 rings (SSSR count). The van der Waals surface area contributed by atoms with E-state index in [2.05, 4.69) is 9.97 Å². The van der Waals surface area contributed by atoms with Crippen molar-refractivity contribution in [1.82, 2.24) is 9.97 Å². The predicted octanol–water partition coefficient (Wildman–Crippen LogP) is 6.71. The van der Waals surface area contributed by atoms with Crippen LogP contribution in [0.2, 0.25) is 10.0 Å². The van der Waals surface area contributed by atoms with Crippen LogP contribution in [0.15, 0.2) is 18.2 Å². The fraction of sp³-hybridized carbons (Fsp3) is 0.583. The second-order valence-electron chi connectivity index (χ2n) is 9.68. The number of carbonyl (C=O) groups excluding carboxylic acids is 1. The standard InChI is InChI=1S/C24H28Cl2N2O2/c1-2-30-23(29)21-20(27-22(28-21)17-3-4-18(25)19(26)10-17)5-6-24-11-14-7-15(12-24)9-16(8-14)13-24/h3-4,10,14-16H,2,5-9,11-13H2,1H3,(H,27,28). The minimum atomic E-state index is -0.361. The molecule has 0 radical (unpaired) electrons. The third kappa shape index (κ3) is 3.78. The van der Waals surface area contributed by atoms with E-state index in [-0.39, 0.29) is 5.97 Å². The molecule has 0 atom stereocenters. The van der Waals surface area contributed by atoms with Gasteiger partial charge in [-0.3, -0.25) is 0 Å². The van der Waals surface area contributed by atoms with E-state index >= 15 is 0 Å². The number of nitrogens with zero attached hydrogens (tertiary/aromatic N) is 1. The summed E-state index contributed by atoms with van der Waals surface area (Å²) >= 11 is 12.3. The molecular formula is C24H28Cl2N2O2. The Morgan fingerprint density at radius 1 is 1.13 bits per heavy atom. The minimum absolute atomic E-state index is 0.336. The van der Waals surface area contributed by atoms with Gasteiger partial charge in [-0.05, 0) is 99.7 Å². The zero-order valence-corrected chi connectivity index (χ0v) is 18.9. The van der Waals surface area contributed by atoms with Crippen molar-refractivity contribution >= 4 is 29.2 Å². The van der Waals surface area contributed by atoms with Crippen LogP contribution in [0.1, 0.15) is 68.1 Å². The molecule has 30 heavy (non-hydrogen) atoms. The summed E-state index contributed by atoms with van der Waals surface area (Å²) in [6.45, 7) is 2.15. The number of esters is 1. The Morgan fingerprint density at radius 2 is 1.80 bits per heavy atom. The van der Waals surface area contributed by atoms with Gasteiger partial charge in [0.25, 0.3) is 0 Å². The highest BCUT2D eigenvalue weighted by Gasteiger charge is 2.50. The van der Waals surface area contributed by atoms with Gasteiger partial charge < -0.3 is 9.72 Å². The minimum Gasteiger partial charge on any atom is -0.461 e. The fourth-order valence-corrected chi connectivity index (χ4v) is 7.02. The van der Waals surface area contributed by atoms with Gasteiger partial charge in [-0.15, -0.1) is 0 Å². The van der Waals surface area contributed by atoms with Crippen LogP contribution in [0.5, 0.6) is 0 Å². The Morgan fingerprint density at radius 3 is 2.40 bits per heavy atom. The number of imidazole rings is 1. The molecular weight excluding hydrogens is 419 g/mol. The lowest BCUT2D eigenvalue weighted by Gasteiger charge is -2.57. The molecule has 0 unspecified atom stereocenters. The number of nitrogens with one attached hydrogen (secondary N) is 1. The second-order valence-corrected chi connectivity index (χ2v) is 10.5. The summed E-state index contributed by atoms with van der Waals surface area (Å²) < 4.78 is 5.29. The number of aromatic amines is 1. The normalized spacial score (nSPS) is 29.4. The number of rotatable bonds is 6. The van der Waals surface area contributed by atoms with Gasteiger partial charge in [0, 0.05) is 11.3 Å². The summed E-state index contributed by atoms with van der Waals surface area (Å²) in [6, 6.07) is 5.40. The zero-order valence-electron chi connectivity index (χ0n) is 17.3. The number of ether oxygens (including phenoxy) is 1. The topological polar surface area (TPSA) is 55.0 Å². The number of hydrogen-bond donors (Lipinski definition) is 1. The highest BCUT2D eigenvalue weighted by Crippen LogP contribution is 2.61. The van der Waals surface area contributed by atoms with E-state index in [0.29, 0.717) is 33.6 Å². The summed E-state index contributed by atoms with van der Waals surface area (Å²) in [4.78, 5) is 20.6. The Balaban J connectivity index is 1.41. The molecule has 2 aromatic rings. The number of carbonyl (C=O) groups is 1. The molecule has 4 nitrogen and oxygen atoms in total. The predicted molar refractivity (Wildman–Crippen MR) is 119 cm³/mol. The fourth-order valence-electron chi connectivity index (χ4n) is 6.73. The number of H-pyrrole nitrogens is 1. The Hall–Kier alpha value is -1.52. The molecule has 0 saturated heterocycles. The van der Waals surface area contributed by atoms with Crippen LogP contribution < -0.4 is 0 Å². The quantitative estimate of drug-likeness (QED) is 0.501. The molecule has 4 saturated carbocycles. The van der Waals surface area contributed by atoms with Gasteiger partial charge in [-0.25, -0.2) is 9.78 Å². The zero-order chi connectivity index (χ0) is 20.9. The van der Waals surface area contributed by atoms with Crippen LogP contribution in [0.25, 0.3) is 11.4 Å². The van der Waals surface area contributed by atoms with Crippen LogP contribution in [-0.2, 0) is 11.2 Å². The van der Waals surface area contributed by atoms with Crippen LogP contribution >= 0.6 is 23.2 Å². The van der Waals surface area contributed by atoms with E-state index in [1.807, 2.05) is 13.0 Å². The number of hydrogen-bond acceptors (Lipinski definition) is 3. The van der Waals surface area contributed by atoms with Crippen molar-refractivity contribution in [2.45, 2.75) is 58.3 Å². The van der Waals surface area contributed by atoms with Crippen LogP contribution in [0.3, 0.4) is 0 Å². The third-order valence-electron chi connectivity index (χ3n) is 7.51. The molecule has 4 aliphatic rings.